The summed E-state index contributed by atoms with van der Waals surface area (Å²) in [5, 5.41) is 0. The molecule has 0 atom stereocenters. The quantitative estimate of drug-likeness (QED) is 0.0956. The van der Waals surface area contributed by atoms with E-state index >= 15 is 0 Å². The molecule has 0 unspecified atom stereocenters. The molecule has 58 heavy (non-hydrogen) atoms. The predicted octanol–water partition coefficient (Wildman–Crippen LogP) is 14.3. The SMILES string of the molecule is CC(C)[Si](C#Cc1c2nc3cc4c(cc3nc2c(C#C[Si](C(C)C)(C(C)C)C(C)C)c2nc3cc5c(cc3nc12)-c1ccccc1-5)-c1ccccc1-4)(C(C)C)C(C)C. The molecule has 0 amide bonds. The molecule has 0 saturated heterocycles. The molecule has 0 radical (unpaired) electrons. The number of hydrogen-bond donors (Lipinski definition) is 0. The first-order chi connectivity index (χ1) is 27.7. The van der Waals surface area contributed by atoms with E-state index in [0.29, 0.717) is 33.2 Å². The molecule has 2 aliphatic carbocycles. The van der Waals surface area contributed by atoms with Crippen LogP contribution in [0.4, 0.5) is 0 Å². The first-order valence-electron chi connectivity index (χ1n) is 21.4. The molecule has 5 aromatic carbocycles. The van der Waals surface area contributed by atoms with Gasteiger partial charge in [0.15, 0.2) is 0 Å². The third kappa shape index (κ3) is 5.41. The van der Waals surface area contributed by atoms with Crippen molar-refractivity contribution in [1.82, 2.24) is 19.9 Å². The van der Waals surface area contributed by atoms with E-state index < -0.39 is 16.1 Å². The van der Waals surface area contributed by atoms with Crippen LogP contribution in [-0.2, 0) is 0 Å². The lowest BCUT2D eigenvalue weighted by Crippen LogP contribution is -2.43. The Morgan fingerprint density at radius 3 is 0.776 bits per heavy atom. The van der Waals surface area contributed by atoms with Gasteiger partial charge in [0.05, 0.1) is 33.2 Å². The minimum absolute atomic E-state index is 0.473. The molecule has 290 valence electrons. The summed E-state index contributed by atoms with van der Waals surface area (Å²) in [6, 6.07) is 26.1. The Bertz CT molecular complexity index is 2610. The summed E-state index contributed by atoms with van der Waals surface area (Å²) in [6.07, 6.45) is 0. The Morgan fingerprint density at radius 1 is 0.345 bits per heavy atom. The second kappa shape index (κ2) is 13.7. The summed E-state index contributed by atoms with van der Waals surface area (Å²) >= 11 is 0. The predicted molar refractivity (Wildman–Crippen MR) is 252 cm³/mol. The van der Waals surface area contributed by atoms with Gasteiger partial charge in [0.1, 0.15) is 38.2 Å². The second-order valence-electron chi connectivity index (χ2n) is 18.8. The van der Waals surface area contributed by atoms with Gasteiger partial charge in [-0.05, 0) is 102 Å². The summed E-state index contributed by atoms with van der Waals surface area (Å²) in [5.74, 6) is 7.76. The normalized spacial score (nSPS) is 13.1. The highest BCUT2D eigenvalue weighted by Crippen LogP contribution is 2.50. The minimum Gasteiger partial charge on any atom is -0.243 e. The van der Waals surface area contributed by atoms with Crippen LogP contribution in [0.1, 0.15) is 94.2 Å². The van der Waals surface area contributed by atoms with Crippen molar-refractivity contribution < 1.29 is 0 Å². The second-order valence-corrected chi connectivity index (χ2v) is 29.9. The van der Waals surface area contributed by atoms with E-state index in [9.17, 15) is 0 Å². The third-order valence-electron chi connectivity index (χ3n) is 14.1. The van der Waals surface area contributed by atoms with E-state index in [-0.39, 0.29) is 0 Å². The van der Waals surface area contributed by atoms with E-state index in [0.717, 1.165) is 55.3 Å². The first kappa shape index (κ1) is 38.4. The Hall–Kier alpha value is -5.15. The Labute approximate surface area is 346 Å². The summed E-state index contributed by atoms with van der Waals surface area (Å²) in [4.78, 5) is 22.2. The van der Waals surface area contributed by atoms with Crippen LogP contribution in [0.2, 0.25) is 33.2 Å². The molecule has 0 spiro atoms. The van der Waals surface area contributed by atoms with E-state index in [1.165, 1.54) is 44.5 Å². The van der Waals surface area contributed by atoms with E-state index in [2.05, 4.69) is 179 Å². The molecular weight excluding hydrogens is 737 g/mol. The van der Waals surface area contributed by atoms with Gasteiger partial charge in [0.2, 0.25) is 0 Å². The molecule has 2 aliphatic rings. The lowest BCUT2D eigenvalue weighted by molar-refractivity contribution is 0.838. The average Bonchev–Trinajstić information content (AvgIpc) is 3.17. The van der Waals surface area contributed by atoms with Crippen molar-refractivity contribution >= 4 is 60.3 Å². The number of fused-ring (bicyclic) bond motifs is 12. The van der Waals surface area contributed by atoms with Gasteiger partial charge < -0.3 is 0 Å². The molecule has 2 heterocycles. The molecule has 9 rings (SSSR count). The minimum atomic E-state index is -2.16. The van der Waals surface area contributed by atoms with Crippen LogP contribution in [0.5, 0.6) is 0 Å². The molecule has 4 nitrogen and oxygen atoms in total. The highest BCUT2D eigenvalue weighted by molar-refractivity contribution is 6.91. The van der Waals surface area contributed by atoms with Gasteiger partial charge in [-0.3, -0.25) is 0 Å². The highest BCUT2D eigenvalue weighted by Gasteiger charge is 2.43. The Morgan fingerprint density at radius 2 is 0.569 bits per heavy atom. The maximum Gasteiger partial charge on any atom is 0.146 e. The zero-order chi connectivity index (χ0) is 41.0. The van der Waals surface area contributed by atoms with Crippen molar-refractivity contribution in [3.63, 3.8) is 0 Å². The summed E-state index contributed by atoms with van der Waals surface area (Å²) in [7, 11) is -4.32. The van der Waals surface area contributed by atoms with Crippen LogP contribution >= 0.6 is 0 Å². The molecule has 2 aromatic heterocycles. The van der Waals surface area contributed by atoms with Gasteiger partial charge in [-0.2, -0.15) is 0 Å². The van der Waals surface area contributed by atoms with Crippen molar-refractivity contribution in [2.45, 2.75) is 116 Å². The van der Waals surface area contributed by atoms with Gasteiger partial charge in [-0.25, -0.2) is 19.9 Å². The molecule has 0 aliphatic heterocycles. The topological polar surface area (TPSA) is 51.6 Å². The van der Waals surface area contributed by atoms with Crippen molar-refractivity contribution in [3.05, 3.63) is 83.9 Å². The summed E-state index contributed by atoms with van der Waals surface area (Å²) in [5.41, 5.74) is 29.1. The molecule has 6 heteroatoms. The molecular formula is C52H54N4Si2. The van der Waals surface area contributed by atoms with Gasteiger partial charge in [-0.1, -0.05) is 143 Å². The van der Waals surface area contributed by atoms with Gasteiger partial charge in [0, 0.05) is 0 Å². The van der Waals surface area contributed by atoms with E-state index in [1.54, 1.807) is 0 Å². The lowest BCUT2D eigenvalue weighted by Gasteiger charge is -2.38. The molecule has 0 bridgehead atoms. The third-order valence-corrected chi connectivity index (χ3v) is 26.7. The lowest BCUT2D eigenvalue weighted by atomic mass is 9.80. The van der Waals surface area contributed by atoms with Crippen LogP contribution in [-0.4, -0.2) is 36.1 Å². The number of aromatic nitrogens is 4. The number of benzene rings is 5. The number of nitrogens with zero attached hydrogens (tertiary/aromatic N) is 4. The fourth-order valence-corrected chi connectivity index (χ4v) is 21.7. The molecule has 0 fully saturated rings. The van der Waals surface area contributed by atoms with Crippen LogP contribution in [0, 0.1) is 22.9 Å². The summed E-state index contributed by atoms with van der Waals surface area (Å²) in [6.45, 7) is 28.4. The smallest absolute Gasteiger partial charge is 0.146 e. The number of rotatable bonds is 6. The Balaban J connectivity index is 1.44. The standard InChI is InChI=1S/C52H54N4Si2/c1-29(2)57(30(3)4,31(5)6)23-21-39-49-51(55-47-27-43-37-19-15-13-17-35(37)41(43)25-45(47)53-49)40(22-24-58(32(7)8,33(9)10)34(11)12)52-50(39)54-46-26-42-36-18-14-16-20-38(36)44(42)28-48(46)56-52/h13-20,25-34H,1-12H3. The molecule has 0 N–H and O–H groups in total. The first-order valence-corrected chi connectivity index (χ1v) is 25.9. The largest absolute Gasteiger partial charge is 0.243 e. The number of hydrogen-bond acceptors (Lipinski definition) is 4. The van der Waals surface area contributed by atoms with Crippen LogP contribution in [0.3, 0.4) is 0 Å². The van der Waals surface area contributed by atoms with Gasteiger partial charge in [-0.15, -0.1) is 11.1 Å². The van der Waals surface area contributed by atoms with Crippen LogP contribution in [0.15, 0.2) is 72.8 Å². The molecule has 0 saturated carbocycles. The van der Waals surface area contributed by atoms with Crippen molar-refractivity contribution in [2.24, 2.45) is 0 Å². The zero-order valence-electron chi connectivity index (χ0n) is 36.2. The van der Waals surface area contributed by atoms with E-state index in [1.807, 2.05) is 0 Å². The zero-order valence-corrected chi connectivity index (χ0v) is 38.2. The van der Waals surface area contributed by atoms with E-state index in [4.69, 9.17) is 19.9 Å². The van der Waals surface area contributed by atoms with Crippen molar-refractivity contribution in [2.75, 3.05) is 0 Å². The summed E-state index contributed by atoms with van der Waals surface area (Å²) < 4.78 is 0. The van der Waals surface area contributed by atoms with Crippen molar-refractivity contribution in [3.8, 4) is 67.4 Å². The fraction of sp³-hybridized carbons (Fsp3) is 0.346. The average molecular weight is 791 g/mol. The van der Waals surface area contributed by atoms with Crippen LogP contribution in [0.25, 0.3) is 88.6 Å². The fourth-order valence-electron chi connectivity index (χ4n) is 11.2. The molecule has 7 aromatic rings. The van der Waals surface area contributed by atoms with Crippen molar-refractivity contribution in [1.29, 1.82) is 0 Å². The maximum atomic E-state index is 5.56. The van der Waals surface area contributed by atoms with Gasteiger partial charge in [0.25, 0.3) is 0 Å². The monoisotopic (exact) mass is 790 g/mol. The highest BCUT2D eigenvalue weighted by atomic mass is 28.3. The van der Waals surface area contributed by atoms with Gasteiger partial charge >= 0.3 is 0 Å². The maximum absolute atomic E-state index is 5.56. The van der Waals surface area contributed by atoms with Crippen LogP contribution < -0.4 is 0 Å². The Kier molecular flexibility index (Phi) is 9.08.